The molecule has 1 aromatic rings. The smallest absolute Gasteiger partial charge is 0.157 e. The Hall–Kier alpha value is -1.03. The Balaban J connectivity index is 2.05. The van der Waals surface area contributed by atoms with Crippen LogP contribution in [0.25, 0.3) is 0 Å². The number of hydrogen-bond acceptors (Lipinski definition) is 4. The minimum absolute atomic E-state index is 0.313. The largest absolute Gasteiger partial charge is 0.393 e. The Morgan fingerprint density at radius 1 is 1.54 bits per heavy atom. The van der Waals surface area contributed by atoms with Gasteiger partial charge in [-0.1, -0.05) is 11.6 Å². The second-order valence-electron chi connectivity index (χ2n) is 3.25. The maximum Gasteiger partial charge on any atom is 0.157 e. The van der Waals surface area contributed by atoms with Gasteiger partial charge in [0.2, 0.25) is 0 Å². The molecular formula is C8H11ClN4. The van der Waals surface area contributed by atoms with Crippen LogP contribution in [0.2, 0.25) is 5.15 Å². The number of halogens is 1. The van der Waals surface area contributed by atoms with Gasteiger partial charge >= 0.3 is 0 Å². The van der Waals surface area contributed by atoms with Crippen LogP contribution < -0.4 is 11.1 Å². The summed E-state index contributed by atoms with van der Waals surface area (Å²) < 4.78 is 0. The number of anilines is 2. The van der Waals surface area contributed by atoms with Gasteiger partial charge < -0.3 is 11.1 Å². The van der Waals surface area contributed by atoms with Crippen LogP contribution in [0.3, 0.4) is 0 Å². The van der Waals surface area contributed by atoms with E-state index in [-0.39, 0.29) is 0 Å². The summed E-state index contributed by atoms with van der Waals surface area (Å²) in [5.41, 5.74) is 6.10. The lowest BCUT2D eigenvalue weighted by molar-refractivity contribution is 0.882. The van der Waals surface area contributed by atoms with Crippen molar-refractivity contribution in [1.82, 2.24) is 9.97 Å². The molecule has 1 aliphatic carbocycles. The van der Waals surface area contributed by atoms with E-state index >= 15 is 0 Å². The number of nitrogen functional groups attached to an aromatic ring is 1. The summed E-state index contributed by atoms with van der Waals surface area (Å²) in [5.74, 6) is 1.43. The van der Waals surface area contributed by atoms with Gasteiger partial charge in [0.1, 0.15) is 12.0 Å². The molecule has 1 aromatic heterocycles. The summed E-state index contributed by atoms with van der Waals surface area (Å²) in [6.07, 6.45) is 4.01. The van der Waals surface area contributed by atoms with Crippen LogP contribution >= 0.6 is 11.6 Å². The fourth-order valence-corrected chi connectivity index (χ4v) is 1.21. The third kappa shape index (κ3) is 2.01. The van der Waals surface area contributed by atoms with Gasteiger partial charge in [-0.05, 0) is 18.8 Å². The van der Waals surface area contributed by atoms with Gasteiger partial charge in [-0.2, -0.15) is 0 Å². The van der Waals surface area contributed by atoms with Crippen molar-refractivity contribution in [1.29, 1.82) is 0 Å². The second kappa shape index (κ2) is 3.38. The third-order valence-electron chi connectivity index (χ3n) is 2.09. The standard InChI is InChI=1S/C8H11ClN4/c9-7-6(10)8(13-4-12-7)11-3-5-1-2-5/h4-5H,1-3,10H2,(H,11,12,13). The summed E-state index contributed by atoms with van der Waals surface area (Å²) >= 11 is 5.73. The number of nitrogens with zero attached hydrogens (tertiary/aromatic N) is 2. The Morgan fingerprint density at radius 3 is 3.00 bits per heavy atom. The van der Waals surface area contributed by atoms with E-state index < -0.39 is 0 Å². The zero-order chi connectivity index (χ0) is 9.26. The molecule has 70 valence electrons. The van der Waals surface area contributed by atoms with Crippen LogP contribution in [-0.2, 0) is 0 Å². The molecule has 1 aliphatic rings. The SMILES string of the molecule is Nc1c(Cl)ncnc1NCC1CC1. The topological polar surface area (TPSA) is 63.8 Å². The number of nitrogens with two attached hydrogens (primary N) is 1. The molecule has 2 rings (SSSR count). The van der Waals surface area contributed by atoms with Crippen molar-refractivity contribution in [3.63, 3.8) is 0 Å². The van der Waals surface area contributed by atoms with Crippen molar-refractivity contribution < 1.29 is 0 Å². The monoisotopic (exact) mass is 198 g/mol. The molecule has 1 fully saturated rings. The average molecular weight is 199 g/mol. The summed E-state index contributed by atoms with van der Waals surface area (Å²) in [4.78, 5) is 7.78. The summed E-state index contributed by atoms with van der Waals surface area (Å²) in [6.45, 7) is 0.928. The Kier molecular flexibility index (Phi) is 2.22. The molecular weight excluding hydrogens is 188 g/mol. The van der Waals surface area contributed by atoms with Gasteiger partial charge in [0.25, 0.3) is 0 Å². The highest BCUT2D eigenvalue weighted by Crippen LogP contribution is 2.30. The summed E-state index contributed by atoms with van der Waals surface area (Å²) in [6, 6.07) is 0. The highest BCUT2D eigenvalue weighted by Gasteiger charge is 2.21. The van der Waals surface area contributed by atoms with Crippen LogP contribution in [0.5, 0.6) is 0 Å². The first-order valence-electron chi connectivity index (χ1n) is 4.27. The molecule has 3 N–H and O–H groups in total. The second-order valence-corrected chi connectivity index (χ2v) is 3.61. The van der Waals surface area contributed by atoms with Crippen LogP contribution in [0.15, 0.2) is 6.33 Å². The molecule has 0 saturated heterocycles. The van der Waals surface area contributed by atoms with Crippen molar-refractivity contribution in [2.75, 3.05) is 17.6 Å². The number of hydrogen-bond donors (Lipinski definition) is 2. The van der Waals surface area contributed by atoms with Crippen molar-refractivity contribution >= 4 is 23.1 Å². The fraction of sp³-hybridized carbons (Fsp3) is 0.500. The predicted octanol–water partition coefficient (Wildman–Crippen LogP) is 1.53. The van der Waals surface area contributed by atoms with Gasteiger partial charge in [0.05, 0.1) is 0 Å². The van der Waals surface area contributed by atoms with Crippen LogP contribution in [0, 0.1) is 5.92 Å². The number of rotatable bonds is 3. The minimum Gasteiger partial charge on any atom is -0.393 e. The van der Waals surface area contributed by atoms with Crippen molar-refractivity contribution in [2.45, 2.75) is 12.8 Å². The summed E-state index contributed by atoms with van der Waals surface area (Å²) in [7, 11) is 0. The molecule has 5 heteroatoms. The lowest BCUT2D eigenvalue weighted by atomic mass is 10.4. The predicted molar refractivity (Wildman–Crippen MR) is 52.7 cm³/mol. The van der Waals surface area contributed by atoms with E-state index in [4.69, 9.17) is 17.3 Å². The molecule has 0 aromatic carbocycles. The van der Waals surface area contributed by atoms with Crippen molar-refractivity contribution in [2.24, 2.45) is 5.92 Å². The molecule has 0 bridgehead atoms. The Labute approximate surface area is 81.5 Å². The zero-order valence-electron chi connectivity index (χ0n) is 7.13. The molecule has 1 saturated carbocycles. The molecule has 0 amide bonds. The highest BCUT2D eigenvalue weighted by molar-refractivity contribution is 6.32. The molecule has 0 atom stereocenters. The molecule has 1 heterocycles. The zero-order valence-corrected chi connectivity index (χ0v) is 7.88. The quantitative estimate of drug-likeness (QED) is 0.724. The number of aromatic nitrogens is 2. The molecule has 0 spiro atoms. The van der Waals surface area contributed by atoms with Crippen molar-refractivity contribution in [3.05, 3.63) is 11.5 Å². The van der Waals surface area contributed by atoms with Crippen LogP contribution in [0.4, 0.5) is 11.5 Å². The lowest BCUT2D eigenvalue weighted by Crippen LogP contribution is -2.08. The van der Waals surface area contributed by atoms with Gasteiger partial charge in [-0.15, -0.1) is 0 Å². The maximum absolute atomic E-state index is 5.73. The first-order valence-corrected chi connectivity index (χ1v) is 4.65. The summed E-state index contributed by atoms with van der Waals surface area (Å²) in [5, 5.41) is 3.47. The van der Waals surface area contributed by atoms with E-state index in [0.717, 1.165) is 12.5 Å². The Morgan fingerprint density at radius 2 is 2.31 bits per heavy atom. The van der Waals surface area contributed by atoms with Crippen LogP contribution in [-0.4, -0.2) is 16.5 Å². The Bertz CT molecular complexity index is 311. The first kappa shape index (κ1) is 8.56. The maximum atomic E-state index is 5.73. The highest BCUT2D eigenvalue weighted by atomic mass is 35.5. The molecule has 0 radical (unpaired) electrons. The van der Waals surface area contributed by atoms with E-state index in [1.54, 1.807) is 0 Å². The van der Waals surface area contributed by atoms with Gasteiger partial charge in [0, 0.05) is 6.54 Å². The average Bonchev–Trinajstić information content (AvgIpc) is 2.91. The van der Waals surface area contributed by atoms with E-state index in [9.17, 15) is 0 Å². The molecule has 4 nitrogen and oxygen atoms in total. The molecule has 13 heavy (non-hydrogen) atoms. The van der Waals surface area contributed by atoms with E-state index in [0.29, 0.717) is 16.7 Å². The molecule has 0 unspecified atom stereocenters. The molecule has 0 aliphatic heterocycles. The third-order valence-corrected chi connectivity index (χ3v) is 2.39. The minimum atomic E-state index is 0.313. The van der Waals surface area contributed by atoms with Crippen LogP contribution in [0.1, 0.15) is 12.8 Å². The van der Waals surface area contributed by atoms with Crippen molar-refractivity contribution in [3.8, 4) is 0 Å². The normalized spacial score (nSPS) is 15.8. The van der Waals surface area contributed by atoms with Gasteiger partial charge in [0.15, 0.2) is 11.0 Å². The number of nitrogens with one attached hydrogen (secondary N) is 1. The van der Waals surface area contributed by atoms with Gasteiger partial charge in [-0.3, -0.25) is 0 Å². The van der Waals surface area contributed by atoms with E-state index in [1.165, 1.54) is 19.2 Å². The van der Waals surface area contributed by atoms with E-state index in [2.05, 4.69) is 15.3 Å². The van der Waals surface area contributed by atoms with Gasteiger partial charge in [-0.25, -0.2) is 9.97 Å². The fourth-order valence-electron chi connectivity index (χ4n) is 1.08. The first-order chi connectivity index (χ1) is 6.27. The van der Waals surface area contributed by atoms with E-state index in [1.807, 2.05) is 0 Å². The lowest BCUT2D eigenvalue weighted by Gasteiger charge is -2.06.